The Hall–Kier alpha value is -2.11. The van der Waals surface area contributed by atoms with Gasteiger partial charge in [-0.15, -0.1) is 0 Å². The molecule has 122 valence electrons. The van der Waals surface area contributed by atoms with Crippen molar-refractivity contribution in [3.63, 3.8) is 0 Å². The molecule has 0 aliphatic heterocycles. The van der Waals surface area contributed by atoms with Crippen LogP contribution >= 0.6 is 0 Å². The number of carbonyl (C=O) groups is 2. The van der Waals surface area contributed by atoms with E-state index < -0.39 is 29.3 Å². The van der Waals surface area contributed by atoms with Gasteiger partial charge in [0, 0.05) is 6.07 Å². The average molecular weight is 311 g/mol. The minimum atomic E-state index is -1.11. The van der Waals surface area contributed by atoms with Gasteiger partial charge in [0.2, 0.25) is 0 Å². The Morgan fingerprint density at radius 1 is 1.41 bits per heavy atom. The standard InChI is InChI=1S/C16H22FNO4/c1-5-9-16(3,15(20)21-4)18-14(19)11(2)22-13-8-6-7-12(17)10-13/h6-8,10-11H,5,9H2,1-4H3,(H,18,19). The number of amides is 1. The number of halogens is 1. The van der Waals surface area contributed by atoms with Crippen molar-refractivity contribution in [3.05, 3.63) is 30.1 Å². The molecule has 0 aromatic heterocycles. The minimum Gasteiger partial charge on any atom is -0.481 e. The maximum Gasteiger partial charge on any atom is 0.331 e. The molecule has 0 saturated heterocycles. The fraction of sp³-hybridized carbons (Fsp3) is 0.500. The Morgan fingerprint density at radius 2 is 2.09 bits per heavy atom. The lowest BCUT2D eigenvalue weighted by molar-refractivity contribution is -0.151. The Morgan fingerprint density at radius 3 is 2.64 bits per heavy atom. The first kappa shape index (κ1) is 17.9. The molecule has 22 heavy (non-hydrogen) atoms. The average Bonchev–Trinajstić information content (AvgIpc) is 2.46. The molecule has 2 atom stereocenters. The first-order valence-corrected chi connectivity index (χ1v) is 7.15. The highest BCUT2D eigenvalue weighted by Gasteiger charge is 2.36. The maximum absolute atomic E-state index is 13.1. The highest BCUT2D eigenvalue weighted by Crippen LogP contribution is 2.17. The van der Waals surface area contributed by atoms with E-state index in [0.717, 1.165) is 0 Å². The van der Waals surface area contributed by atoms with E-state index in [1.54, 1.807) is 13.0 Å². The van der Waals surface area contributed by atoms with E-state index >= 15 is 0 Å². The second-order valence-electron chi connectivity index (χ2n) is 5.28. The van der Waals surface area contributed by atoms with Crippen molar-refractivity contribution in [1.82, 2.24) is 5.32 Å². The third-order valence-electron chi connectivity index (χ3n) is 3.26. The van der Waals surface area contributed by atoms with Crippen molar-refractivity contribution in [3.8, 4) is 5.75 Å². The largest absolute Gasteiger partial charge is 0.481 e. The molecule has 0 heterocycles. The van der Waals surface area contributed by atoms with E-state index in [1.807, 2.05) is 6.92 Å². The third-order valence-corrected chi connectivity index (χ3v) is 3.26. The lowest BCUT2D eigenvalue weighted by Gasteiger charge is -2.29. The van der Waals surface area contributed by atoms with Crippen molar-refractivity contribution in [2.75, 3.05) is 7.11 Å². The Labute approximate surface area is 129 Å². The summed E-state index contributed by atoms with van der Waals surface area (Å²) < 4.78 is 23.2. The number of esters is 1. The summed E-state index contributed by atoms with van der Waals surface area (Å²) in [6.07, 6.45) is 0.269. The summed E-state index contributed by atoms with van der Waals surface area (Å²) in [4.78, 5) is 24.1. The lowest BCUT2D eigenvalue weighted by Crippen LogP contribution is -2.55. The third kappa shape index (κ3) is 4.72. The van der Waals surface area contributed by atoms with Crippen LogP contribution in [0.1, 0.15) is 33.6 Å². The molecule has 0 aliphatic rings. The van der Waals surface area contributed by atoms with Crippen LogP contribution in [0.5, 0.6) is 5.75 Å². The molecule has 5 nitrogen and oxygen atoms in total. The maximum atomic E-state index is 13.1. The van der Waals surface area contributed by atoms with Crippen LogP contribution in [0.3, 0.4) is 0 Å². The quantitative estimate of drug-likeness (QED) is 0.786. The Balaban J connectivity index is 2.75. The number of benzene rings is 1. The number of hydrogen-bond acceptors (Lipinski definition) is 4. The van der Waals surface area contributed by atoms with Crippen LogP contribution in [-0.4, -0.2) is 30.6 Å². The minimum absolute atomic E-state index is 0.248. The molecule has 0 fully saturated rings. The van der Waals surface area contributed by atoms with E-state index in [4.69, 9.17) is 9.47 Å². The van der Waals surface area contributed by atoms with Gasteiger partial charge in [0.25, 0.3) is 5.91 Å². The second kappa shape index (κ2) is 7.77. The summed E-state index contributed by atoms with van der Waals surface area (Å²) in [6, 6.07) is 5.52. The first-order valence-electron chi connectivity index (χ1n) is 7.15. The van der Waals surface area contributed by atoms with Crippen molar-refractivity contribution >= 4 is 11.9 Å². The molecule has 0 spiro atoms. The van der Waals surface area contributed by atoms with Crippen LogP contribution < -0.4 is 10.1 Å². The van der Waals surface area contributed by atoms with Crippen molar-refractivity contribution < 1.29 is 23.5 Å². The van der Waals surface area contributed by atoms with Gasteiger partial charge in [-0.25, -0.2) is 9.18 Å². The molecule has 1 rings (SSSR count). The van der Waals surface area contributed by atoms with Crippen LogP contribution in [0.25, 0.3) is 0 Å². The van der Waals surface area contributed by atoms with E-state index in [-0.39, 0.29) is 5.75 Å². The van der Waals surface area contributed by atoms with Crippen molar-refractivity contribution in [2.24, 2.45) is 0 Å². The smallest absolute Gasteiger partial charge is 0.331 e. The molecule has 0 bridgehead atoms. The zero-order valence-corrected chi connectivity index (χ0v) is 13.3. The molecule has 1 N–H and O–H groups in total. The van der Waals surface area contributed by atoms with Crippen LogP contribution in [0.4, 0.5) is 4.39 Å². The molecule has 1 aromatic carbocycles. The summed E-state index contributed by atoms with van der Waals surface area (Å²) in [5.74, 6) is -1.18. The summed E-state index contributed by atoms with van der Waals surface area (Å²) >= 11 is 0. The molecule has 0 saturated carbocycles. The topological polar surface area (TPSA) is 64.6 Å². The number of hydrogen-bond donors (Lipinski definition) is 1. The molecular weight excluding hydrogens is 289 g/mol. The van der Waals surface area contributed by atoms with Gasteiger partial charge in [0.05, 0.1) is 7.11 Å². The van der Waals surface area contributed by atoms with Gasteiger partial charge >= 0.3 is 5.97 Å². The van der Waals surface area contributed by atoms with Gasteiger partial charge in [-0.05, 0) is 32.4 Å². The van der Waals surface area contributed by atoms with E-state index in [9.17, 15) is 14.0 Å². The van der Waals surface area contributed by atoms with Gasteiger partial charge in [-0.2, -0.15) is 0 Å². The second-order valence-corrected chi connectivity index (χ2v) is 5.28. The highest BCUT2D eigenvalue weighted by molar-refractivity contribution is 5.89. The Bertz CT molecular complexity index is 535. The SMILES string of the molecule is CCCC(C)(NC(=O)C(C)Oc1cccc(F)c1)C(=O)OC. The van der Waals surface area contributed by atoms with Gasteiger partial charge in [-0.3, -0.25) is 4.79 Å². The first-order chi connectivity index (χ1) is 10.3. The monoisotopic (exact) mass is 311 g/mol. The molecular formula is C16H22FNO4. The number of rotatable bonds is 7. The fourth-order valence-electron chi connectivity index (χ4n) is 2.11. The molecule has 2 unspecified atom stereocenters. The predicted octanol–water partition coefficient (Wildman–Crippen LogP) is 2.44. The highest BCUT2D eigenvalue weighted by atomic mass is 19.1. The summed E-state index contributed by atoms with van der Waals surface area (Å²) in [6.45, 7) is 5.04. The summed E-state index contributed by atoms with van der Waals surface area (Å²) in [5, 5.41) is 2.65. The van der Waals surface area contributed by atoms with Crippen LogP contribution in [0.2, 0.25) is 0 Å². The molecule has 0 aliphatic carbocycles. The van der Waals surface area contributed by atoms with E-state index in [2.05, 4.69) is 5.32 Å². The van der Waals surface area contributed by atoms with Crippen LogP contribution in [0, 0.1) is 5.82 Å². The van der Waals surface area contributed by atoms with Crippen LogP contribution in [-0.2, 0) is 14.3 Å². The predicted molar refractivity (Wildman–Crippen MR) is 80.0 cm³/mol. The number of ether oxygens (including phenoxy) is 2. The van der Waals surface area contributed by atoms with Crippen molar-refractivity contribution in [1.29, 1.82) is 0 Å². The summed E-state index contributed by atoms with van der Waals surface area (Å²) in [5.41, 5.74) is -1.11. The number of nitrogens with one attached hydrogen (secondary N) is 1. The van der Waals surface area contributed by atoms with E-state index in [0.29, 0.717) is 12.8 Å². The molecule has 1 amide bonds. The molecule has 1 aromatic rings. The van der Waals surface area contributed by atoms with E-state index in [1.165, 1.54) is 32.2 Å². The summed E-state index contributed by atoms with van der Waals surface area (Å²) in [7, 11) is 1.27. The molecule has 6 heteroatoms. The zero-order chi connectivity index (χ0) is 16.8. The van der Waals surface area contributed by atoms with Crippen LogP contribution in [0.15, 0.2) is 24.3 Å². The van der Waals surface area contributed by atoms with Gasteiger partial charge in [0.1, 0.15) is 17.1 Å². The number of methoxy groups -OCH3 is 1. The Kier molecular flexibility index (Phi) is 6.34. The fourth-order valence-corrected chi connectivity index (χ4v) is 2.11. The van der Waals surface area contributed by atoms with Gasteiger partial charge < -0.3 is 14.8 Å². The zero-order valence-electron chi connectivity index (χ0n) is 13.3. The van der Waals surface area contributed by atoms with Gasteiger partial charge in [-0.1, -0.05) is 19.4 Å². The normalized spacial score (nSPS) is 14.6. The van der Waals surface area contributed by atoms with Gasteiger partial charge in [0.15, 0.2) is 6.10 Å². The number of carbonyl (C=O) groups excluding carboxylic acids is 2. The molecule has 0 radical (unpaired) electrons. The lowest BCUT2D eigenvalue weighted by atomic mass is 9.96. The van der Waals surface area contributed by atoms with Crippen molar-refractivity contribution in [2.45, 2.75) is 45.3 Å².